The van der Waals surface area contributed by atoms with Crippen LogP contribution in [-0.2, 0) is 4.79 Å². The Hall–Kier alpha value is -1.04. The zero-order chi connectivity index (χ0) is 22.7. The number of carboxylic acid groups (broad SMARTS) is 1. The minimum Gasteiger partial charge on any atom is -0.481 e. The molecule has 0 heterocycles. The smallest absolute Gasteiger partial charge is 0.303 e. The van der Waals surface area contributed by atoms with Crippen LogP contribution >= 0.6 is 11.8 Å². The summed E-state index contributed by atoms with van der Waals surface area (Å²) in [7, 11) is 0. The largest absolute Gasteiger partial charge is 0.481 e. The maximum Gasteiger partial charge on any atom is 0.303 e. The monoisotopic (exact) mass is 452 g/mol. The summed E-state index contributed by atoms with van der Waals surface area (Å²) in [4.78, 5) is 10.5. The molecular weight excluding hydrogens is 408 g/mol. The second-order valence-corrected chi connectivity index (χ2v) is 10.1. The number of allylic oxidation sites excluding steroid dienone is 2. The van der Waals surface area contributed by atoms with Crippen LogP contribution in [0.1, 0.15) is 96.8 Å². The number of rotatable bonds is 17. The Morgan fingerprint density at radius 3 is 2.29 bits per heavy atom. The molecule has 4 nitrogen and oxygen atoms in total. The number of aliphatic hydroxyl groups excluding tert-OH is 2. The fourth-order valence-corrected chi connectivity index (χ4v) is 5.25. The number of carboxylic acids is 1. The van der Waals surface area contributed by atoms with Gasteiger partial charge in [-0.1, -0.05) is 75.5 Å². The lowest BCUT2D eigenvalue weighted by Gasteiger charge is -2.27. The summed E-state index contributed by atoms with van der Waals surface area (Å²) >= 11 is 1.87. The van der Waals surface area contributed by atoms with E-state index in [1.165, 1.54) is 51.4 Å². The predicted octanol–water partition coefficient (Wildman–Crippen LogP) is 6.43. The Morgan fingerprint density at radius 2 is 1.61 bits per heavy atom. The lowest BCUT2D eigenvalue weighted by molar-refractivity contribution is -0.137. The highest BCUT2D eigenvalue weighted by atomic mass is 32.2. The molecular formula is C26H44O4S. The number of thioether (sulfide) groups is 1. The molecule has 0 radical (unpaired) electrons. The maximum atomic E-state index is 10.8. The van der Waals surface area contributed by atoms with Crippen molar-refractivity contribution >= 4 is 17.7 Å². The first-order valence-corrected chi connectivity index (χ1v) is 13.2. The molecule has 1 saturated carbocycles. The van der Waals surface area contributed by atoms with E-state index in [0.29, 0.717) is 30.9 Å². The van der Waals surface area contributed by atoms with Gasteiger partial charge in [0, 0.05) is 16.9 Å². The molecule has 0 amide bonds. The van der Waals surface area contributed by atoms with Gasteiger partial charge in [-0.05, 0) is 51.4 Å². The summed E-state index contributed by atoms with van der Waals surface area (Å²) in [5, 5.41) is 30.3. The summed E-state index contributed by atoms with van der Waals surface area (Å²) in [6.07, 6.45) is 24.7. The van der Waals surface area contributed by atoms with Gasteiger partial charge in [0.05, 0.1) is 12.2 Å². The van der Waals surface area contributed by atoms with Gasteiger partial charge in [0.1, 0.15) is 0 Å². The van der Waals surface area contributed by atoms with Gasteiger partial charge < -0.3 is 15.3 Å². The molecule has 3 atom stereocenters. The first-order chi connectivity index (χ1) is 15.0. The van der Waals surface area contributed by atoms with Crippen molar-refractivity contribution in [3.05, 3.63) is 36.5 Å². The van der Waals surface area contributed by atoms with Crippen LogP contribution in [0.2, 0.25) is 0 Å². The van der Waals surface area contributed by atoms with Gasteiger partial charge in [-0.2, -0.15) is 0 Å². The number of unbranched alkanes of at least 4 members (excludes halogenated alkanes) is 4. The molecule has 0 aromatic carbocycles. The molecule has 1 fully saturated rings. The van der Waals surface area contributed by atoms with E-state index >= 15 is 0 Å². The average molecular weight is 453 g/mol. The van der Waals surface area contributed by atoms with E-state index in [1.807, 2.05) is 36.1 Å². The van der Waals surface area contributed by atoms with Gasteiger partial charge >= 0.3 is 5.97 Å². The molecule has 0 aromatic heterocycles. The second kappa shape index (κ2) is 18.5. The summed E-state index contributed by atoms with van der Waals surface area (Å²) in [6.45, 7) is 2.20. The minimum atomic E-state index is -0.771. The van der Waals surface area contributed by atoms with Crippen LogP contribution < -0.4 is 0 Å². The zero-order valence-electron chi connectivity index (χ0n) is 19.3. The molecule has 1 rings (SSSR count). The van der Waals surface area contributed by atoms with Gasteiger partial charge in [-0.25, -0.2) is 0 Å². The van der Waals surface area contributed by atoms with E-state index in [2.05, 4.69) is 19.1 Å². The van der Waals surface area contributed by atoms with Crippen LogP contribution in [0, 0.1) is 0 Å². The third-order valence-corrected chi connectivity index (χ3v) is 7.27. The van der Waals surface area contributed by atoms with E-state index in [9.17, 15) is 15.0 Å². The fourth-order valence-electron chi connectivity index (χ4n) is 3.73. The topological polar surface area (TPSA) is 77.8 Å². The quantitative estimate of drug-likeness (QED) is 0.175. The van der Waals surface area contributed by atoms with Gasteiger partial charge in [0.15, 0.2) is 0 Å². The fraction of sp³-hybridized carbons (Fsp3) is 0.731. The van der Waals surface area contributed by atoms with E-state index in [-0.39, 0.29) is 11.7 Å². The molecule has 0 saturated heterocycles. The second-order valence-electron chi connectivity index (χ2n) is 8.58. The molecule has 0 spiro atoms. The van der Waals surface area contributed by atoms with E-state index in [1.54, 1.807) is 0 Å². The van der Waals surface area contributed by atoms with Gasteiger partial charge in [0.25, 0.3) is 0 Å². The number of aliphatic hydroxyl groups is 2. The lowest BCUT2D eigenvalue weighted by atomic mass is 10.0. The molecule has 5 heteroatoms. The molecule has 1 aliphatic rings. The SMILES string of the molecule is CCCCC/C=C\C[C@@H](O)[C@H](/C=C/C(O)C/C=C\CCCC(=O)O)SC1CCCCC1. The molecule has 0 aromatic rings. The van der Waals surface area contributed by atoms with Crippen LogP contribution in [0.5, 0.6) is 0 Å². The maximum absolute atomic E-state index is 10.8. The summed E-state index contributed by atoms with van der Waals surface area (Å²) in [5.74, 6) is -0.771. The Morgan fingerprint density at radius 1 is 0.935 bits per heavy atom. The van der Waals surface area contributed by atoms with Crippen LogP contribution in [0.25, 0.3) is 0 Å². The number of carbonyl (C=O) groups is 1. The highest BCUT2D eigenvalue weighted by molar-refractivity contribution is 8.00. The molecule has 0 bridgehead atoms. The van der Waals surface area contributed by atoms with Crippen molar-refractivity contribution < 1.29 is 20.1 Å². The van der Waals surface area contributed by atoms with Crippen LogP contribution in [-0.4, -0.2) is 44.0 Å². The molecule has 1 unspecified atom stereocenters. The zero-order valence-corrected chi connectivity index (χ0v) is 20.1. The molecule has 0 aliphatic heterocycles. The van der Waals surface area contributed by atoms with Crippen molar-refractivity contribution in [1.29, 1.82) is 0 Å². The Labute approximate surface area is 193 Å². The Bertz CT molecular complexity index is 538. The van der Waals surface area contributed by atoms with Crippen molar-refractivity contribution in [2.45, 2.75) is 120 Å². The van der Waals surface area contributed by atoms with Crippen LogP contribution in [0.3, 0.4) is 0 Å². The highest BCUT2D eigenvalue weighted by Gasteiger charge is 2.23. The third-order valence-electron chi connectivity index (χ3n) is 5.63. The predicted molar refractivity (Wildman–Crippen MR) is 133 cm³/mol. The standard InChI is InChI=1S/C26H44O4S/c1-2-3-4-5-6-13-18-24(28)25(31-23-16-11-9-12-17-23)21-20-22(27)15-10-7-8-14-19-26(29)30/h6-7,10,13,20-25,27-28H,2-5,8-9,11-12,14-19H2,1H3,(H,29,30)/b10-7-,13-6-,21-20+/t22?,24-,25+/m1/s1. The van der Waals surface area contributed by atoms with Gasteiger partial charge in [0.2, 0.25) is 0 Å². The molecule has 3 N–H and O–H groups in total. The van der Waals surface area contributed by atoms with E-state index in [4.69, 9.17) is 5.11 Å². The van der Waals surface area contributed by atoms with Gasteiger partial charge in [-0.15, -0.1) is 11.8 Å². The molecule has 178 valence electrons. The summed E-state index contributed by atoms with van der Waals surface area (Å²) in [6, 6.07) is 0. The normalized spacial score (nSPS) is 18.8. The van der Waals surface area contributed by atoms with Crippen molar-refractivity contribution in [2.24, 2.45) is 0 Å². The highest BCUT2D eigenvalue weighted by Crippen LogP contribution is 2.33. The van der Waals surface area contributed by atoms with Crippen molar-refractivity contribution in [1.82, 2.24) is 0 Å². The Balaban J connectivity index is 2.51. The third kappa shape index (κ3) is 15.4. The lowest BCUT2D eigenvalue weighted by Crippen LogP contribution is -2.25. The van der Waals surface area contributed by atoms with Crippen molar-refractivity contribution in [3.8, 4) is 0 Å². The molecule has 1 aliphatic carbocycles. The van der Waals surface area contributed by atoms with Crippen LogP contribution in [0.4, 0.5) is 0 Å². The first kappa shape index (κ1) is 28.0. The summed E-state index contributed by atoms with van der Waals surface area (Å²) in [5.41, 5.74) is 0. The van der Waals surface area contributed by atoms with Crippen molar-refractivity contribution in [3.63, 3.8) is 0 Å². The average Bonchev–Trinajstić information content (AvgIpc) is 2.76. The van der Waals surface area contributed by atoms with Crippen molar-refractivity contribution in [2.75, 3.05) is 0 Å². The van der Waals surface area contributed by atoms with E-state index in [0.717, 1.165) is 6.42 Å². The van der Waals surface area contributed by atoms with Gasteiger partial charge in [-0.3, -0.25) is 4.79 Å². The van der Waals surface area contributed by atoms with Crippen LogP contribution in [0.15, 0.2) is 36.5 Å². The summed E-state index contributed by atoms with van der Waals surface area (Å²) < 4.78 is 0. The minimum absolute atomic E-state index is 0.00223. The number of hydrogen-bond acceptors (Lipinski definition) is 4. The number of aliphatic carboxylic acids is 1. The number of hydrogen-bond donors (Lipinski definition) is 3. The van der Waals surface area contributed by atoms with E-state index < -0.39 is 18.2 Å². The molecule has 31 heavy (non-hydrogen) atoms. The first-order valence-electron chi connectivity index (χ1n) is 12.2. The Kier molecular flexibility index (Phi) is 16.7.